The van der Waals surface area contributed by atoms with Crippen LogP contribution >= 0.6 is 0 Å². The Morgan fingerprint density at radius 3 is 2.52 bits per heavy atom. The average Bonchev–Trinajstić information content (AvgIpc) is 2.38. The van der Waals surface area contributed by atoms with Gasteiger partial charge in [0.25, 0.3) is 0 Å². The molecular weight excluding hydrogens is 272 g/mol. The van der Waals surface area contributed by atoms with E-state index in [-0.39, 0.29) is 34.8 Å². The van der Waals surface area contributed by atoms with Gasteiger partial charge in [-0.1, -0.05) is 20.3 Å². The van der Waals surface area contributed by atoms with E-state index >= 15 is 0 Å². The number of hydrogen-bond acceptors (Lipinski definition) is 5. The molecule has 0 saturated carbocycles. The molecule has 0 atom stereocenters. The van der Waals surface area contributed by atoms with Crippen LogP contribution in [0.1, 0.15) is 49.0 Å². The van der Waals surface area contributed by atoms with Gasteiger partial charge >= 0.3 is 5.63 Å². The zero-order valence-corrected chi connectivity index (χ0v) is 12.1. The van der Waals surface area contributed by atoms with Gasteiger partial charge in [0.2, 0.25) is 0 Å². The number of hydrogen-bond donors (Lipinski definition) is 2. The first-order valence-corrected chi connectivity index (χ1v) is 7.04. The van der Waals surface area contributed by atoms with Gasteiger partial charge in [0, 0.05) is 18.6 Å². The molecular formula is C16H18O5. The average molecular weight is 290 g/mol. The minimum atomic E-state index is -0.544. The van der Waals surface area contributed by atoms with E-state index in [1.807, 2.05) is 13.8 Å². The van der Waals surface area contributed by atoms with Gasteiger partial charge < -0.3 is 14.6 Å². The molecule has 5 nitrogen and oxygen atoms in total. The Kier molecular flexibility index (Phi) is 4.31. The molecule has 0 radical (unpaired) electrons. The van der Waals surface area contributed by atoms with Crippen LogP contribution in [0.5, 0.6) is 11.5 Å². The second-order valence-electron chi connectivity index (χ2n) is 5.01. The molecule has 2 rings (SSSR count). The van der Waals surface area contributed by atoms with Crippen LogP contribution in [0.25, 0.3) is 11.0 Å². The lowest BCUT2D eigenvalue weighted by atomic mass is 9.98. The Hall–Kier alpha value is -2.30. The molecule has 0 fully saturated rings. The summed E-state index contributed by atoms with van der Waals surface area (Å²) >= 11 is 0. The van der Waals surface area contributed by atoms with E-state index in [2.05, 4.69) is 0 Å². The van der Waals surface area contributed by atoms with E-state index in [1.165, 1.54) is 12.1 Å². The van der Waals surface area contributed by atoms with Crippen molar-refractivity contribution in [3.63, 3.8) is 0 Å². The SMILES string of the molecule is CCCC(=O)c1c(O)cc2oc(=O)cc(CCC)c2c1O. The molecule has 0 saturated heterocycles. The van der Waals surface area contributed by atoms with Gasteiger partial charge in [-0.05, 0) is 18.4 Å². The van der Waals surface area contributed by atoms with E-state index in [4.69, 9.17) is 4.42 Å². The number of benzene rings is 1. The summed E-state index contributed by atoms with van der Waals surface area (Å²) in [6.45, 7) is 3.79. The van der Waals surface area contributed by atoms with Crippen molar-refractivity contribution in [3.05, 3.63) is 33.7 Å². The highest BCUT2D eigenvalue weighted by Gasteiger charge is 2.21. The molecule has 0 amide bonds. The maximum Gasteiger partial charge on any atom is 0.336 e. The molecule has 0 unspecified atom stereocenters. The van der Waals surface area contributed by atoms with E-state index in [0.29, 0.717) is 23.8 Å². The number of ketones is 1. The Bertz CT molecular complexity index is 742. The van der Waals surface area contributed by atoms with E-state index < -0.39 is 5.63 Å². The third kappa shape index (κ3) is 2.77. The van der Waals surface area contributed by atoms with E-state index in [9.17, 15) is 19.8 Å². The van der Waals surface area contributed by atoms with Crippen LogP contribution in [0.15, 0.2) is 21.3 Å². The van der Waals surface area contributed by atoms with Gasteiger partial charge in [-0.25, -0.2) is 4.79 Å². The minimum Gasteiger partial charge on any atom is -0.507 e. The molecule has 2 N–H and O–H groups in total. The monoisotopic (exact) mass is 290 g/mol. The first-order valence-electron chi connectivity index (χ1n) is 7.04. The van der Waals surface area contributed by atoms with Crippen LogP contribution in [-0.2, 0) is 6.42 Å². The highest BCUT2D eigenvalue weighted by molar-refractivity contribution is 6.07. The highest BCUT2D eigenvalue weighted by atomic mass is 16.4. The van der Waals surface area contributed by atoms with E-state index in [1.54, 1.807) is 0 Å². The summed E-state index contributed by atoms with van der Waals surface area (Å²) in [4.78, 5) is 23.6. The summed E-state index contributed by atoms with van der Waals surface area (Å²) in [7, 11) is 0. The lowest BCUT2D eigenvalue weighted by molar-refractivity contribution is 0.0976. The Balaban J connectivity index is 2.80. The lowest BCUT2D eigenvalue weighted by Crippen LogP contribution is -2.04. The van der Waals surface area contributed by atoms with Crippen molar-refractivity contribution < 1.29 is 19.4 Å². The van der Waals surface area contributed by atoms with Gasteiger partial charge in [-0.2, -0.15) is 0 Å². The fourth-order valence-corrected chi connectivity index (χ4v) is 2.47. The fraction of sp³-hybridized carbons (Fsp3) is 0.375. The summed E-state index contributed by atoms with van der Waals surface area (Å²) in [6, 6.07) is 2.54. The van der Waals surface area contributed by atoms with Crippen LogP contribution < -0.4 is 5.63 Å². The topological polar surface area (TPSA) is 87.7 Å². The number of aromatic hydroxyl groups is 2. The Morgan fingerprint density at radius 1 is 1.19 bits per heavy atom. The third-order valence-electron chi connectivity index (χ3n) is 3.34. The van der Waals surface area contributed by atoms with Crippen molar-refractivity contribution >= 4 is 16.8 Å². The largest absolute Gasteiger partial charge is 0.507 e. The highest BCUT2D eigenvalue weighted by Crippen LogP contribution is 2.38. The normalized spacial score (nSPS) is 11.0. The second kappa shape index (κ2) is 5.99. The summed E-state index contributed by atoms with van der Waals surface area (Å²) in [5.41, 5.74) is 0.0636. The minimum absolute atomic E-state index is 0.0917. The molecule has 1 heterocycles. The number of phenols is 2. The molecule has 0 spiro atoms. The number of Topliss-reactive ketones (excluding diaryl/α,β-unsaturated/α-hetero) is 1. The van der Waals surface area contributed by atoms with Crippen LogP contribution in [-0.4, -0.2) is 16.0 Å². The number of aryl methyl sites for hydroxylation is 1. The van der Waals surface area contributed by atoms with E-state index in [0.717, 1.165) is 6.42 Å². The zero-order chi connectivity index (χ0) is 15.6. The van der Waals surface area contributed by atoms with Crippen molar-refractivity contribution in [2.75, 3.05) is 0 Å². The number of rotatable bonds is 5. The van der Waals surface area contributed by atoms with Gasteiger partial charge in [0.05, 0.1) is 5.39 Å². The molecule has 1 aromatic heterocycles. The molecule has 1 aromatic carbocycles. The van der Waals surface area contributed by atoms with Crippen molar-refractivity contribution in [2.24, 2.45) is 0 Å². The quantitative estimate of drug-likeness (QED) is 0.652. The molecule has 5 heteroatoms. The van der Waals surface area contributed by atoms with Crippen LogP contribution in [0.3, 0.4) is 0 Å². The molecule has 0 aliphatic rings. The molecule has 2 aromatic rings. The van der Waals surface area contributed by atoms with Crippen molar-refractivity contribution in [1.29, 1.82) is 0 Å². The van der Waals surface area contributed by atoms with Gasteiger partial charge in [0.15, 0.2) is 5.78 Å². The predicted octanol–water partition coefficient (Wildman–Crippen LogP) is 3.14. The third-order valence-corrected chi connectivity index (χ3v) is 3.34. The molecule has 0 bridgehead atoms. The van der Waals surface area contributed by atoms with Gasteiger partial charge in [0.1, 0.15) is 22.6 Å². The molecule has 0 aliphatic carbocycles. The second-order valence-corrected chi connectivity index (χ2v) is 5.01. The van der Waals surface area contributed by atoms with Gasteiger partial charge in [-0.15, -0.1) is 0 Å². The summed E-state index contributed by atoms with van der Waals surface area (Å²) in [5, 5.41) is 20.7. The van der Waals surface area contributed by atoms with Crippen LogP contribution in [0, 0.1) is 0 Å². The molecule has 21 heavy (non-hydrogen) atoms. The molecule has 0 aliphatic heterocycles. The Labute approximate surface area is 121 Å². The standard InChI is InChI=1S/C16H18O5/c1-3-5-9-7-13(19)21-12-8-11(18)15(10(17)6-4-2)16(20)14(9)12/h7-8,18,20H,3-6H2,1-2H3. The summed E-state index contributed by atoms with van der Waals surface area (Å²) < 4.78 is 5.02. The maximum absolute atomic E-state index is 12.1. The first-order chi connectivity index (χ1) is 9.99. The van der Waals surface area contributed by atoms with Gasteiger partial charge in [-0.3, -0.25) is 4.79 Å². The number of fused-ring (bicyclic) bond motifs is 1. The van der Waals surface area contributed by atoms with Crippen LogP contribution in [0.2, 0.25) is 0 Å². The van der Waals surface area contributed by atoms with Crippen molar-refractivity contribution in [2.45, 2.75) is 39.5 Å². The van der Waals surface area contributed by atoms with Crippen LogP contribution in [0.4, 0.5) is 0 Å². The Morgan fingerprint density at radius 2 is 1.90 bits per heavy atom. The summed E-state index contributed by atoms with van der Waals surface area (Å²) in [5.74, 6) is -1.01. The first kappa shape index (κ1) is 15.1. The smallest absolute Gasteiger partial charge is 0.336 e. The summed E-state index contributed by atoms with van der Waals surface area (Å²) in [6.07, 6.45) is 2.19. The lowest BCUT2D eigenvalue weighted by Gasteiger charge is -2.11. The fourth-order valence-electron chi connectivity index (χ4n) is 2.47. The van der Waals surface area contributed by atoms with Crippen molar-refractivity contribution in [3.8, 4) is 11.5 Å². The number of phenolic OH excluding ortho intramolecular Hbond substituents is 2. The predicted molar refractivity (Wildman–Crippen MR) is 79.0 cm³/mol. The number of carbonyl (C=O) groups excluding carboxylic acids is 1. The molecule has 112 valence electrons. The zero-order valence-electron chi connectivity index (χ0n) is 12.1. The maximum atomic E-state index is 12.1. The number of carbonyl (C=O) groups is 1. The van der Waals surface area contributed by atoms with Crippen molar-refractivity contribution in [1.82, 2.24) is 0 Å².